The van der Waals surface area contributed by atoms with Gasteiger partial charge in [0.2, 0.25) is 5.82 Å². The lowest BCUT2D eigenvalue weighted by atomic mass is 9.94. The van der Waals surface area contributed by atoms with E-state index in [9.17, 15) is 4.39 Å². The van der Waals surface area contributed by atoms with E-state index in [1.807, 2.05) is 65.7 Å². The van der Waals surface area contributed by atoms with Gasteiger partial charge in [-0.1, -0.05) is 59.8 Å². The van der Waals surface area contributed by atoms with Crippen molar-refractivity contribution in [1.82, 2.24) is 20.4 Å². The maximum absolute atomic E-state index is 14.4. The minimum Gasteiger partial charge on any atom is -0.351 e. The number of nitrogens with one attached hydrogen (secondary N) is 1. The van der Waals surface area contributed by atoms with Crippen LogP contribution in [0, 0.1) is 5.82 Å². The molecule has 1 aliphatic rings. The van der Waals surface area contributed by atoms with Gasteiger partial charge >= 0.3 is 0 Å². The molecule has 1 aliphatic heterocycles. The predicted molar refractivity (Wildman–Crippen MR) is 127 cm³/mol. The average Bonchev–Trinajstić information content (AvgIpc) is 3.50. The van der Waals surface area contributed by atoms with E-state index < -0.39 is 0 Å². The van der Waals surface area contributed by atoms with Gasteiger partial charge in [0.15, 0.2) is 5.11 Å². The van der Waals surface area contributed by atoms with Crippen molar-refractivity contribution < 1.29 is 8.91 Å². The number of nitrogens with zero attached hydrogens (tertiary/aromatic N) is 3. The second-order valence-electron chi connectivity index (χ2n) is 7.37. The molecule has 1 atom stereocenters. The van der Waals surface area contributed by atoms with Gasteiger partial charge in [-0.3, -0.25) is 0 Å². The van der Waals surface area contributed by atoms with Crippen LogP contribution in [0.5, 0.6) is 0 Å². The van der Waals surface area contributed by atoms with E-state index in [1.54, 1.807) is 23.5 Å². The van der Waals surface area contributed by atoms with Crippen molar-refractivity contribution in [3.63, 3.8) is 0 Å². The number of halogens is 1. The lowest BCUT2D eigenvalue weighted by molar-refractivity contribution is 0.395. The molecule has 2 aromatic heterocycles. The quantitative estimate of drug-likeness (QED) is 0.378. The molecule has 5 rings (SSSR count). The number of thiophene rings is 1. The zero-order valence-electron chi connectivity index (χ0n) is 17.2. The molecule has 3 heterocycles. The topological polar surface area (TPSA) is 54.2 Å². The van der Waals surface area contributed by atoms with Crippen LogP contribution in [0.4, 0.5) is 4.39 Å². The van der Waals surface area contributed by atoms with Gasteiger partial charge in [0.25, 0.3) is 5.89 Å². The van der Waals surface area contributed by atoms with Gasteiger partial charge in [0, 0.05) is 11.3 Å². The summed E-state index contributed by atoms with van der Waals surface area (Å²) in [4.78, 5) is 7.48. The van der Waals surface area contributed by atoms with Crippen LogP contribution >= 0.6 is 23.6 Å². The number of allylic oxidation sites excluding steroid dienone is 1. The number of aromatic nitrogens is 2. The maximum atomic E-state index is 14.4. The third kappa shape index (κ3) is 3.83. The highest BCUT2D eigenvalue weighted by molar-refractivity contribution is 7.80. The van der Waals surface area contributed by atoms with Crippen molar-refractivity contribution in [2.75, 3.05) is 0 Å². The number of hydrogen-bond acceptors (Lipinski definition) is 5. The molecule has 4 aromatic rings. The van der Waals surface area contributed by atoms with E-state index in [0.29, 0.717) is 28.9 Å². The fraction of sp³-hybridized carbons (Fsp3) is 0.125. The summed E-state index contributed by atoms with van der Waals surface area (Å²) in [6.45, 7) is 2.25. The van der Waals surface area contributed by atoms with Crippen LogP contribution < -0.4 is 5.32 Å². The molecule has 1 N–H and O–H groups in total. The Kier molecular flexibility index (Phi) is 5.55. The first-order chi connectivity index (χ1) is 15.6. The van der Waals surface area contributed by atoms with Crippen molar-refractivity contribution in [3.8, 4) is 10.7 Å². The minimum absolute atomic E-state index is 0.266. The fourth-order valence-corrected chi connectivity index (χ4v) is 4.75. The van der Waals surface area contributed by atoms with Crippen molar-refractivity contribution in [2.45, 2.75) is 19.5 Å². The zero-order valence-corrected chi connectivity index (χ0v) is 18.8. The summed E-state index contributed by atoms with van der Waals surface area (Å²) >= 11 is 7.24. The molecule has 2 aromatic carbocycles. The number of hydrogen-bond donors (Lipinski definition) is 1. The fourth-order valence-electron chi connectivity index (χ4n) is 3.78. The minimum atomic E-state index is -0.271. The Morgan fingerprint density at radius 1 is 1.09 bits per heavy atom. The Hall–Kier alpha value is -3.36. The van der Waals surface area contributed by atoms with Crippen molar-refractivity contribution in [2.24, 2.45) is 0 Å². The normalized spacial score (nSPS) is 16.4. The molecule has 32 heavy (non-hydrogen) atoms. The first-order valence-corrected chi connectivity index (χ1v) is 11.4. The number of thiocarbonyl (C=S) groups is 1. The highest BCUT2D eigenvalue weighted by Crippen LogP contribution is 2.38. The first-order valence-electron chi connectivity index (χ1n) is 10.1. The Morgan fingerprint density at radius 2 is 1.88 bits per heavy atom. The van der Waals surface area contributed by atoms with Crippen molar-refractivity contribution in [3.05, 3.63) is 101 Å². The van der Waals surface area contributed by atoms with Crippen LogP contribution in [-0.4, -0.2) is 20.2 Å². The maximum Gasteiger partial charge on any atom is 0.258 e. The summed E-state index contributed by atoms with van der Waals surface area (Å²) in [5.74, 6) is 0.678. The molecule has 1 unspecified atom stereocenters. The molecule has 0 saturated carbocycles. The highest BCUT2D eigenvalue weighted by Gasteiger charge is 2.34. The van der Waals surface area contributed by atoms with E-state index in [0.717, 1.165) is 21.7 Å². The third-order valence-corrected chi connectivity index (χ3v) is 6.62. The zero-order chi connectivity index (χ0) is 22.1. The van der Waals surface area contributed by atoms with Crippen LogP contribution in [0.15, 0.2) is 82.3 Å². The van der Waals surface area contributed by atoms with Crippen molar-refractivity contribution >= 4 is 34.2 Å². The molecular weight excluding hydrogens is 443 g/mol. The number of rotatable bonds is 5. The predicted octanol–water partition coefficient (Wildman–Crippen LogP) is 5.80. The molecule has 0 aliphatic carbocycles. The second-order valence-corrected chi connectivity index (χ2v) is 8.70. The largest absolute Gasteiger partial charge is 0.351 e. The molecule has 8 heteroatoms. The van der Waals surface area contributed by atoms with Crippen LogP contribution in [0.1, 0.15) is 30.0 Å². The van der Waals surface area contributed by atoms with Crippen molar-refractivity contribution in [1.29, 1.82) is 0 Å². The Labute approximate surface area is 194 Å². The van der Waals surface area contributed by atoms with Crippen LogP contribution in [0.2, 0.25) is 0 Å². The molecule has 160 valence electrons. The van der Waals surface area contributed by atoms with Gasteiger partial charge in [-0.25, -0.2) is 4.39 Å². The molecule has 5 nitrogen and oxygen atoms in total. The van der Waals surface area contributed by atoms with Crippen LogP contribution in [-0.2, 0) is 6.54 Å². The summed E-state index contributed by atoms with van der Waals surface area (Å²) in [5.41, 5.74) is 3.23. The Morgan fingerprint density at radius 3 is 2.62 bits per heavy atom. The van der Waals surface area contributed by atoms with Gasteiger partial charge in [0.1, 0.15) is 5.82 Å². The third-order valence-electron chi connectivity index (χ3n) is 5.41. The van der Waals surface area contributed by atoms with E-state index in [2.05, 4.69) is 15.5 Å². The monoisotopic (exact) mass is 462 g/mol. The van der Waals surface area contributed by atoms with E-state index in [1.165, 1.54) is 6.07 Å². The van der Waals surface area contributed by atoms with Gasteiger partial charge in [-0.05, 0) is 42.2 Å². The molecule has 0 bridgehead atoms. The smallest absolute Gasteiger partial charge is 0.258 e. The second kappa shape index (κ2) is 8.64. The van der Waals surface area contributed by atoms with Crippen LogP contribution in [0.3, 0.4) is 0 Å². The molecule has 0 radical (unpaired) electrons. The molecule has 0 saturated heterocycles. The SMILES string of the molecule is CC1=C(c2nc(-c3cccs3)no2)C(c2ccccc2)NC(=S)N1Cc1ccccc1F. The van der Waals surface area contributed by atoms with Gasteiger partial charge in [-0.2, -0.15) is 4.98 Å². The summed E-state index contributed by atoms with van der Waals surface area (Å²) in [6, 6.07) is 20.3. The summed E-state index contributed by atoms with van der Waals surface area (Å²) < 4.78 is 20.1. The van der Waals surface area contributed by atoms with Gasteiger partial charge in [-0.15, -0.1) is 11.3 Å². The number of benzene rings is 2. The average molecular weight is 463 g/mol. The molecule has 0 spiro atoms. The van der Waals surface area contributed by atoms with Gasteiger partial charge < -0.3 is 14.7 Å². The lowest BCUT2D eigenvalue weighted by Gasteiger charge is -2.37. The Balaban J connectivity index is 1.61. The first kappa shape index (κ1) is 20.5. The molecule has 0 amide bonds. The summed E-state index contributed by atoms with van der Waals surface area (Å²) in [5, 5.41) is 10.1. The molecular formula is C24H19FN4OS2. The van der Waals surface area contributed by atoms with Gasteiger partial charge in [0.05, 0.1) is 23.0 Å². The highest BCUT2D eigenvalue weighted by atomic mass is 32.1. The summed E-state index contributed by atoms with van der Waals surface area (Å²) in [7, 11) is 0. The molecule has 0 fully saturated rings. The van der Waals surface area contributed by atoms with E-state index in [-0.39, 0.29) is 11.9 Å². The van der Waals surface area contributed by atoms with Crippen LogP contribution in [0.25, 0.3) is 16.3 Å². The standard InChI is InChI=1S/C24H19FN4OS2/c1-15-20(23-27-22(28-30-23)19-12-7-13-32-19)21(16-8-3-2-4-9-16)26-24(31)29(15)14-17-10-5-6-11-18(17)25/h2-13,21H,14H2,1H3,(H,26,31). The lowest BCUT2D eigenvalue weighted by Crippen LogP contribution is -2.45. The summed E-state index contributed by atoms with van der Waals surface area (Å²) in [6.07, 6.45) is 0. The van der Waals surface area contributed by atoms with E-state index in [4.69, 9.17) is 16.7 Å². The Bertz CT molecular complexity index is 1280. The van der Waals surface area contributed by atoms with E-state index >= 15 is 0 Å².